The maximum atomic E-state index is 11.1. The maximum absolute atomic E-state index is 11.1. The van der Waals surface area contributed by atoms with Crippen molar-refractivity contribution < 1.29 is 4.79 Å². The van der Waals surface area contributed by atoms with E-state index < -0.39 is 0 Å². The van der Waals surface area contributed by atoms with E-state index in [1.807, 2.05) is 19.1 Å². The van der Waals surface area contributed by atoms with Crippen molar-refractivity contribution >= 4 is 12.1 Å². The van der Waals surface area contributed by atoms with E-state index in [9.17, 15) is 4.79 Å². The van der Waals surface area contributed by atoms with E-state index in [1.165, 1.54) is 0 Å². The lowest BCUT2D eigenvalue weighted by Gasteiger charge is -2.08. The molecule has 11 heavy (non-hydrogen) atoms. The van der Waals surface area contributed by atoms with Crippen LogP contribution in [-0.4, -0.2) is 25.2 Å². The fourth-order valence-corrected chi connectivity index (χ4v) is 0.940. The van der Waals surface area contributed by atoms with Crippen LogP contribution >= 0.6 is 0 Å². The Morgan fingerprint density at radius 2 is 2.64 bits per heavy atom. The topological polar surface area (TPSA) is 41.5 Å². The third kappa shape index (κ3) is 2.18. The minimum absolute atomic E-state index is 0.0344. The molecule has 0 bridgehead atoms. The summed E-state index contributed by atoms with van der Waals surface area (Å²) in [5.74, 6) is -0.115. The van der Waals surface area contributed by atoms with Gasteiger partial charge >= 0.3 is 0 Å². The molecule has 3 nitrogen and oxygen atoms in total. The minimum atomic E-state index is -0.149. The van der Waals surface area contributed by atoms with E-state index in [0.717, 1.165) is 0 Å². The van der Waals surface area contributed by atoms with Gasteiger partial charge in [0.15, 0.2) is 0 Å². The first-order chi connectivity index (χ1) is 5.34. The molecule has 1 unspecified atom stereocenters. The number of aliphatic imine (C=N–C) groups is 1. The van der Waals surface area contributed by atoms with Gasteiger partial charge in [0.25, 0.3) is 0 Å². The molecule has 0 aromatic heterocycles. The number of carbonyl (C=O) groups excluding carboxylic acids is 1. The summed E-state index contributed by atoms with van der Waals surface area (Å²) in [5.41, 5.74) is 0. The third-order valence-corrected chi connectivity index (χ3v) is 1.47. The van der Waals surface area contributed by atoms with Gasteiger partial charge < -0.3 is 5.32 Å². The van der Waals surface area contributed by atoms with Gasteiger partial charge in [0.2, 0.25) is 5.91 Å². The number of hydrogen-bond acceptors (Lipinski definition) is 2. The second-order valence-electron chi connectivity index (χ2n) is 2.36. The predicted octanol–water partition coefficient (Wildman–Crippen LogP) is 0.379. The highest BCUT2D eigenvalue weighted by Crippen LogP contribution is 2.00. The van der Waals surface area contributed by atoms with E-state index in [-0.39, 0.29) is 11.8 Å². The Hall–Kier alpha value is -1.12. The van der Waals surface area contributed by atoms with Crippen molar-refractivity contribution in [1.82, 2.24) is 5.32 Å². The van der Waals surface area contributed by atoms with Crippen LogP contribution in [0.2, 0.25) is 0 Å². The van der Waals surface area contributed by atoms with Crippen LogP contribution in [0.4, 0.5) is 0 Å². The van der Waals surface area contributed by atoms with E-state index >= 15 is 0 Å². The van der Waals surface area contributed by atoms with Crippen LogP contribution in [0.25, 0.3) is 0 Å². The number of amides is 1. The van der Waals surface area contributed by atoms with Crippen LogP contribution < -0.4 is 5.32 Å². The van der Waals surface area contributed by atoms with Crippen molar-refractivity contribution in [3.8, 4) is 0 Å². The first-order valence-electron chi connectivity index (χ1n) is 3.79. The summed E-state index contributed by atoms with van der Waals surface area (Å²) in [6, 6.07) is 0. The fourth-order valence-electron chi connectivity index (χ4n) is 0.940. The smallest absolute Gasteiger partial charge is 0.232 e. The average molecular weight is 152 g/mol. The zero-order chi connectivity index (χ0) is 8.10. The number of dihydropyridines is 1. The Morgan fingerprint density at radius 3 is 3.18 bits per heavy atom. The van der Waals surface area contributed by atoms with Gasteiger partial charge in [-0.15, -0.1) is 0 Å². The predicted molar refractivity (Wildman–Crippen MR) is 44.7 cm³/mol. The molecule has 1 aliphatic rings. The number of hydrogen-bond donors (Lipinski definition) is 1. The Kier molecular flexibility index (Phi) is 2.83. The molecule has 0 aliphatic carbocycles. The Balaban J connectivity index is 2.45. The van der Waals surface area contributed by atoms with Gasteiger partial charge in [-0.1, -0.05) is 12.2 Å². The van der Waals surface area contributed by atoms with Crippen molar-refractivity contribution in [2.45, 2.75) is 6.92 Å². The quantitative estimate of drug-likeness (QED) is 0.571. The Bertz CT molecular complexity index is 184. The van der Waals surface area contributed by atoms with Gasteiger partial charge in [-0.3, -0.25) is 9.79 Å². The fraction of sp³-hybridized carbons (Fsp3) is 0.500. The third-order valence-electron chi connectivity index (χ3n) is 1.47. The van der Waals surface area contributed by atoms with Crippen molar-refractivity contribution in [3.05, 3.63) is 12.2 Å². The molecule has 1 heterocycles. The van der Waals surface area contributed by atoms with Gasteiger partial charge in [0.1, 0.15) is 0 Å². The van der Waals surface area contributed by atoms with Crippen molar-refractivity contribution in [2.24, 2.45) is 10.9 Å². The zero-order valence-electron chi connectivity index (χ0n) is 6.58. The van der Waals surface area contributed by atoms with Crippen LogP contribution in [0.3, 0.4) is 0 Å². The monoisotopic (exact) mass is 152 g/mol. The SMILES string of the molecule is CCNC(=O)C1C=CCN=C1. The van der Waals surface area contributed by atoms with Crippen LogP contribution in [0.5, 0.6) is 0 Å². The lowest BCUT2D eigenvalue weighted by molar-refractivity contribution is -0.121. The van der Waals surface area contributed by atoms with E-state index in [4.69, 9.17) is 0 Å². The highest BCUT2D eigenvalue weighted by Gasteiger charge is 2.12. The number of carbonyl (C=O) groups is 1. The lowest BCUT2D eigenvalue weighted by Crippen LogP contribution is -2.30. The lowest BCUT2D eigenvalue weighted by atomic mass is 10.1. The molecule has 1 rings (SSSR count). The molecule has 1 aliphatic heterocycles. The molecule has 0 aromatic carbocycles. The molecule has 1 amide bonds. The summed E-state index contributed by atoms with van der Waals surface area (Å²) in [6.07, 6.45) is 5.46. The maximum Gasteiger partial charge on any atom is 0.232 e. The number of rotatable bonds is 2. The summed E-state index contributed by atoms with van der Waals surface area (Å²) in [6.45, 7) is 3.29. The second-order valence-corrected chi connectivity index (χ2v) is 2.36. The molecule has 60 valence electrons. The minimum Gasteiger partial charge on any atom is -0.356 e. The molecular formula is C8H12N2O. The molecule has 1 atom stereocenters. The van der Waals surface area contributed by atoms with Gasteiger partial charge in [0, 0.05) is 12.8 Å². The molecule has 0 saturated heterocycles. The Morgan fingerprint density at radius 1 is 1.82 bits per heavy atom. The Labute approximate surface area is 66.2 Å². The number of nitrogens with zero attached hydrogens (tertiary/aromatic N) is 1. The molecule has 0 saturated carbocycles. The standard InChI is InChI=1S/C8H12N2O/c1-2-10-8(11)7-4-3-5-9-6-7/h3-4,6-7H,2,5H2,1H3,(H,10,11). The first kappa shape index (κ1) is 7.98. The summed E-state index contributed by atoms with van der Waals surface area (Å²) in [7, 11) is 0. The van der Waals surface area contributed by atoms with Crippen LogP contribution in [0, 0.1) is 5.92 Å². The highest BCUT2D eigenvalue weighted by atomic mass is 16.1. The molecular weight excluding hydrogens is 140 g/mol. The van der Waals surface area contributed by atoms with Gasteiger partial charge in [-0.05, 0) is 6.92 Å². The summed E-state index contributed by atoms with van der Waals surface area (Å²) in [4.78, 5) is 15.1. The van der Waals surface area contributed by atoms with E-state index in [0.29, 0.717) is 13.1 Å². The van der Waals surface area contributed by atoms with Crippen LogP contribution in [-0.2, 0) is 4.79 Å². The van der Waals surface area contributed by atoms with Crippen molar-refractivity contribution in [3.63, 3.8) is 0 Å². The molecule has 0 fully saturated rings. The van der Waals surface area contributed by atoms with Crippen LogP contribution in [0.15, 0.2) is 17.1 Å². The first-order valence-corrected chi connectivity index (χ1v) is 3.79. The van der Waals surface area contributed by atoms with Gasteiger partial charge in [0.05, 0.1) is 12.5 Å². The van der Waals surface area contributed by atoms with Crippen molar-refractivity contribution in [2.75, 3.05) is 13.1 Å². The summed E-state index contributed by atoms with van der Waals surface area (Å²) in [5, 5.41) is 2.73. The number of nitrogens with one attached hydrogen (secondary N) is 1. The molecule has 0 radical (unpaired) electrons. The highest BCUT2D eigenvalue weighted by molar-refractivity contribution is 5.95. The molecule has 1 N–H and O–H groups in total. The van der Waals surface area contributed by atoms with Crippen LogP contribution in [0.1, 0.15) is 6.92 Å². The zero-order valence-corrected chi connectivity index (χ0v) is 6.58. The summed E-state index contributed by atoms with van der Waals surface area (Å²) >= 11 is 0. The van der Waals surface area contributed by atoms with E-state index in [1.54, 1.807) is 6.21 Å². The molecule has 3 heteroatoms. The van der Waals surface area contributed by atoms with Gasteiger partial charge in [-0.2, -0.15) is 0 Å². The second kappa shape index (κ2) is 3.91. The van der Waals surface area contributed by atoms with Crippen molar-refractivity contribution in [1.29, 1.82) is 0 Å². The van der Waals surface area contributed by atoms with E-state index in [2.05, 4.69) is 10.3 Å². The molecule has 0 spiro atoms. The summed E-state index contributed by atoms with van der Waals surface area (Å²) < 4.78 is 0. The normalized spacial score (nSPS) is 21.7. The molecule has 0 aromatic rings. The largest absolute Gasteiger partial charge is 0.356 e. The average Bonchev–Trinajstić information content (AvgIpc) is 2.07. The van der Waals surface area contributed by atoms with Gasteiger partial charge in [-0.25, -0.2) is 0 Å².